The molecular weight excluding hydrogens is 897 g/mol. The molecule has 1 rings (SSSR count). The maximum Gasteiger partial charge on any atom is 0.397 e. The van der Waals surface area contributed by atoms with E-state index in [0.717, 1.165) is 38.5 Å². The third kappa shape index (κ3) is 41.2. The molecule has 0 bridgehead atoms. The normalized spacial score (nSPS) is 19.1. The summed E-state index contributed by atoms with van der Waals surface area (Å²) in [5.74, 6) is -0.388. The van der Waals surface area contributed by atoms with E-state index in [4.69, 9.17) is 18.9 Å². The number of hydrogen-bond donors (Lipinski definition) is 4. The molecule has 13 heteroatoms. The van der Waals surface area contributed by atoms with Gasteiger partial charge in [0.15, 0.2) is 6.29 Å². The molecule has 1 aliphatic rings. The van der Waals surface area contributed by atoms with Gasteiger partial charge in [-0.1, -0.05) is 271 Å². The van der Waals surface area contributed by atoms with Gasteiger partial charge in [-0.25, -0.2) is 4.18 Å². The van der Waals surface area contributed by atoms with Crippen molar-refractivity contribution in [2.75, 3.05) is 26.4 Å². The molecule has 0 aromatic heterocycles. The highest BCUT2D eigenvalue weighted by Gasteiger charge is 2.48. The highest BCUT2D eigenvalue weighted by atomic mass is 32.3. The van der Waals surface area contributed by atoms with Crippen LogP contribution in [0.25, 0.3) is 0 Å². The molecule has 12 nitrogen and oxygen atoms in total. The van der Waals surface area contributed by atoms with Crippen molar-refractivity contribution in [2.45, 2.75) is 327 Å². The number of carbonyl (C=O) groups is 1. The Labute approximate surface area is 424 Å². The molecule has 1 saturated heterocycles. The lowest BCUT2D eigenvalue weighted by atomic mass is 9.99. The Morgan fingerprint density at radius 3 is 1.16 bits per heavy atom. The van der Waals surface area contributed by atoms with Gasteiger partial charge in [-0.3, -0.25) is 9.35 Å². The standard InChI is InChI=1S/C56H110O12S/c1-3-5-7-9-11-13-15-17-19-21-23-25-27-29-31-33-35-37-39-41-43-45-52(58)66-50(49-65-56-54(60)55(68-69(61,62)63)53(59)51(47-57)67-56)48-64-46-44-42-40-38-36-34-32-30-28-26-24-22-20-18-16-14-12-10-8-6-4-2/h50-51,53-57,59-60H,3-49H2,1-2H3,(H,61,62,63). The van der Waals surface area contributed by atoms with Crippen molar-refractivity contribution >= 4 is 16.4 Å². The second kappa shape index (κ2) is 48.1. The molecule has 0 aliphatic carbocycles. The summed E-state index contributed by atoms with van der Waals surface area (Å²) < 4.78 is 59.5. The fourth-order valence-corrected chi connectivity index (χ4v) is 10.1. The van der Waals surface area contributed by atoms with Crippen LogP contribution in [0.5, 0.6) is 0 Å². The number of ether oxygens (including phenoxy) is 4. The highest BCUT2D eigenvalue weighted by Crippen LogP contribution is 2.26. The van der Waals surface area contributed by atoms with E-state index in [1.807, 2.05) is 0 Å². The fraction of sp³-hybridized carbons (Fsp3) is 0.982. The topological polar surface area (TPSA) is 178 Å². The van der Waals surface area contributed by atoms with Gasteiger partial charge < -0.3 is 34.3 Å². The van der Waals surface area contributed by atoms with Crippen LogP contribution in [0.2, 0.25) is 0 Å². The minimum Gasteiger partial charge on any atom is -0.457 e. The first kappa shape index (κ1) is 66.1. The molecule has 4 N–H and O–H groups in total. The highest BCUT2D eigenvalue weighted by molar-refractivity contribution is 7.80. The molecule has 0 aromatic carbocycles. The van der Waals surface area contributed by atoms with Gasteiger partial charge in [0.25, 0.3) is 0 Å². The number of aliphatic hydroxyl groups is 3. The summed E-state index contributed by atoms with van der Waals surface area (Å²) in [6, 6.07) is 0. The van der Waals surface area contributed by atoms with Crippen LogP contribution >= 0.6 is 0 Å². The quantitative estimate of drug-likeness (QED) is 0.0258. The first-order chi connectivity index (χ1) is 33.6. The van der Waals surface area contributed by atoms with E-state index < -0.39 is 53.8 Å². The summed E-state index contributed by atoms with van der Waals surface area (Å²) in [5, 5.41) is 30.8. The van der Waals surface area contributed by atoms with Crippen molar-refractivity contribution in [1.29, 1.82) is 0 Å². The SMILES string of the molecule is CCCCCCCCCCCCCCCCCCCCCCCOCC(COC1OC(CO)C(O)C(OS(=O)(=O)O)C1O)OC(=O)CCCCCCCCCCCCCCCCCCCCCCC. The lowest BCUT2D eigenvalue weighted by Crippen LogP contribution is -2.60. The van der Waals surface area contributed by atoms with Crippen molar-refractivity contribution in [1.82, 2.24) is 0 Å². The van der Waals surface area contributed by atoms with Crippen molar-refractivity contribution < 1.29 is 56.2 Å². The van der Waals surface area contributed by atoms with Gasteiger partial charge in [-0.2, -0.15) is 8.42 Å². The summed E-state index contributed by atoms with van der Waals surface area (Å²) in [5.41, 5.74) is 0. The van der Waals surface area contributed by atoms with Crippen molar-refractivity contribution in [3.05, 3.63) is 0 Å². The summed E-state index contributed by atoms with van der Waals surface area (Å²) in [7, 11) is -5.06. The Morgan fingerprint density at radius 2 is 0.826 bits per heavy atom. The number of hydrogen-bond acceptors (Lipinski definition) is 11. The van der Waals surface area contributed by atoms with Gasteiger partial charge in [0.2, 0.25) is 0 Å². The second-order valence-corrected chi connectivity index (χ2v) is 21.7. The molecule has 69 heavy (non-hydrogen) atoms. The van der Waals surface area contributed by atoms with Crippen molar-refractivity contribution in [3.8, 4) is 0 Å². The first-order valence-corrected chi connectivity index (χ1v) is 30.7. The molecule has 6 atom stereocenters. The average molecular weight is 1010 g/mol. The molecule has 0 aromatic rings. The van der Waals surface area contributed by atoms with Crippen LogP contribution < -0.4 is 0 Å². The Bertz CT molecular complexity index is 1210. The van der Waals surface area contributed by atoms with E-state index in [1.54, 1.807) is 0 Å². The van der Waals surface area contributed by atoms with Crippen LogP contribution in [0.15, 0.2) is 0 Å². The minimum absolute atomic E-state index is 0.0457. The summed E-state index contributed by atoms with van der Waals surface area (Å²) in [4.78, 5) is 13.0. The molecule has 1 fully saturated rings. The Morgan fingerprint density at radius 1 is 0.493 bits per heavy atom. The first-order valence-electron chi connectivity index (χ1n) is 29.3. The van der Waals surface area contributed by atoms with Crippen LogP contribution in [0, 0.1) is 0 Å². The van der Waals surface area contributed by atoms with Gasteiger partial charge in [0.05, 0.1) is 19.8 Å². The molecular formula is C56H110O12S. The second-order valence-electron chi connectivity index (χ2n) is 20.6. The number of esters is 1. The summed E-state index contributed by atoms with van der Waals surface area (Å²) in [6.07, 6.45) is 45.7. The van der Waals surface area contributed by atoms with Gasteiger partial charge in [0.1, 0.15) is 30.5 Å². The van der Waals surface area contributed by atoms with Crippen LogP contribution in [-0.2, 0) is 38.3 Å². The molecule has 0 amide bonds. The van der Waals surface area contributed by atoms with Gasteiger partial charge >= 0.3 is 16.4 Å². The molecule has 0 spiro atoms. The van der Waals surface area contributed by atoms with Gasteiger partial charge in [-0.05, 0) is 12.8 Å². The third-order valence-electron chi connectivity index (χ3n) is 14.0. The summed E-state index contributed by atoms with van der Waals surface area (Å²) >= 11 is 0. The van der Waals surface area contributed by atoms with E-state index in [1.165, 1.54) is 225 Å². The number of aliphatic hydroxyl groups excluding tert-OH is 3. The van der Waals surface area contributed by atoms with Crippen LogP contribution in [0.4, 0.5) is 0 Å². The smallest absolute Gasteiger partial charge is 0.397 e. The van der Waals surface area contributed by atoms with E-state index in [-0.39, 0.29) is 25.6 Å². The molecule has 6 unspecified atom stereocenters. The zero-order chi connectivity index (χ0) is 50.3. The predicted octanol–water partition coefficient (Wildman–Crippen LogP) is 14.4. The van der Waals surface area contributed by atoms with Gasteiger partial charge in [-0.15, -0.1) is 0 Å². The van der Waals surface area contributed by atoms with E-state index in [0.29, 0.717) is 13.0 Å². The van der Waals surface area contributed by atoms with Crippen LogP contribution in [-0.4, -0.2) is 97.5 Å². The molecule has 0 radical (unpaired) electrons. The van der Waals surface area contributed by atoms with Crippen LogP contribution in [0.3, 0.4) is 0 Å². The lowest BCUT2D eigenvalue weighted by molar-refractivity contribution is -0.301. The van der Waals surface area contributed by atoms with Gasteiger partial charge in [0, 0.05) is 13.0 Å². The molecule has 412 valence electrons. The average Bonchev–Trinajstić information content (AvgIpc) is 3.32. The number of rotatable bonds is 53. The predicted molar refractivity (Wildman–Crippen MR) is 281 cm³/mol. The number of unbranched alkanes of at least 4 members (excludes halogenated alkanes) is 40. The Balaban J connectivity index is 2.27. The Kier molecular flexibility index (Phi) is 46.1. The van der Waals surface area contributed by atoms with Crippen molar-refractivity contribution in [3.63, 3.8) is 0 Å². The molecule has 1 heterocycles. The maximum absolute atomic E-state index is 13.0. The lowest BCUT2D eigenvalue weighted by Gasteiger charge is -2.41. The minimum atomic E-state index is -5.06. The van der Waals surface area contributed by atoms with E-state index >= 15 is 0 Å². The zero-order valence-electron chi connectivity index (χ0n) is 44.7. The van der Waals surface area contributed by atoms with Crippen molar-refractivity contribution in [2.24, 2.45) is 0 Å². The fourth-order valence-electron chi connectivity index (χ4n) is 9.56. The molecule has 0 saturated carbocycles. The number of carbonyl (C=O) groups excluding carboxylic acids is 1. The Hall–Kier alpha value is -0.900. The maximum atomic E-state index is 13.0. The third-order valence-corrected chi connectivity index (χ3v) is 14.4. The van der Waals surface area contributed by atoms with E-state index in [2.05, 4.69) is 18.0 Å². The summed E-state index contributed by atoms with van der Waals surface area (Å²) in [6.45, 7) is 4.08. The van der Waals surface area contributed by atoms with Crippen LogP contribution in [0.1, 0.15) is 290 Å². The molecule has 1 aliphatic heterocycles. The zero-order valence-corrected chi connectivity index (χ0v) is 45.5. The van der Waals surface area contributed by atoms with E-state index in [9.17, 15) is 33.1 Å². The largest absolute Gasteiger partial charge is 0.457 e. The monoisotopic (exact) mass is 1010 g/mol.